The van der Waals surface area contributed by atoms with Crippen molar-refractivity contribution in [3.63, 3.8) is 0 Å². The molecule has 104 valence electrons. The van der Waals surface area contributed by atoms with Crippen molar-refractivity contribution >= 4 is 5.97 Å². The summed E-state index contributed by atoms with van der Waals surface area (Å²) in [6, 6.07) is 12.2. The third kappa shape index (κ3) is 4.16. The van der Waals surface area contributed by atoms with Crippen LogP contribution in [0.5, 0.6) is 0 Å². The van der Waals surface area contributed by atoms with E-state index in [0.29, 0.717) is 12.0 Å². The van der Waals surface area contributed by atoms with Gasteiger partial charge in [0.25, 0.3) is 0 Å². The van der Waals surface area contributed by atoms with Crippen LogP contribution >= 0.6 is 0 Å². The fraction of sp³-hybridized carbons (Fsp3) is 0.188. The second-order valence-electron chi connectivity index (χ2n) is 4.38. The summed E-state index contributed by atoms with van der Waals surface area (Å²) in [7, 11) is 0. The number of rotatable bonds is 5. The van der Waals surface area contributed by atoms with Crippen LogP contribution in [-0.2, 0) is 22.6 Å². The molecule has 0 heterocycles. The molecule has 0 saturated carbocycles. The van der Waals surface area contributed by atoms with E-state index in [4.69, 9.17) is 4.74 Å². The molecular formula is C16H14F2O2. The summed E-state index contributed by atoms with van der Waals surface area (Å²) in [6.07, 6.45) is 0.534. The highest BCUT2D eigenvalue weighted by molar-refractivity contribution is 5.69. The lowest BCUT2D eigenvalue weighted by Gasteiger charge is -2.06. The topological polar surface area (TPSA) is 26.3 Å². The molecule has 2 aromatic carbocycles. The Labute approximate surface area is 116 Å². The van der Waals surface area contributed by atoms with Gasteiger partial charge in [0.1, 0.15) is 18.2 Å². The molecule has 0 aliphatic rings. The predicted molar refractivity (Wildman–Crippen MR) is 70.9 cm³/mol. The first-order valence-electron chi connectivity index (χ1n) is 6.28. The van der Waals surface area contributed by atoms with Crippen molar-refractivity contribution in [2.24, 2.45) is 0 Å². The first-order chi connectivity index (χ1) is 9.65. The zero-order chi connectivity index (χ0) is 14.4. The zero-order valence-corrected chi connectivity index (χ0v) is 10.8. The van der Waals surface area contributed by atoms with Gasteiger partial charge in [-0.05, 0) is 30.2 Å². The highest BCUT2D eigenvalue weighted by atomic mass is 19.1. The van der Waals surface area contributed by atoms with Crippen LogP contribution in [0.25, 0.3) is 0 Å². The average Bonchev–Trinajstić information content (AvgIpc) is 2.44. The van der Waals surface area contributed by atoms with Crippen molar-refractivity contribution in [3.05, 3.63) is 71.3 Å². The second-order valence-corrected chi connectivity index (χ2v) is 4.38. The number of hydrogen-bond acceptors (Lipinski definition) is 2. The molecule has 0 bridgehead atoms. The standard InChI is InChI=1S/C16H14F2O2/c17-14-6-3-4-12(10-14)8-9-16(19)20-11-13-5-1-2-7-15(13)18/h1-7,10H,8-9,11H2. The lowest BCUT2D eigenvalue weighted by molar-refractivity contribution is -0.144. The quantitative estimate of drug-likeness (QED) is 0.779. The van der Waals surface area contributed by atoms with E-state index in [2.05, 4.69) is 0 Å². The molecule has 0 unspecified atom stereocenters. The van der Waals surface area contributed by atoms with Crippen LogP contribution in [0.3, 0.4) is 0 Å². The molecule has 0 atom stereocenters. The molecule has 0 fully saturated rings. The van der Waals surface area contributed by atoms with Gasteiger partial charge in [-0.25, -0.2) is 8.78 Å². The molecule has 0 aliphatic carbocycles. The third-order valence-electron chi connectivity index (χ3n) is 2.85. The predicted octanol–water partition coefficient (Wildman–Crippen LogP) is 3.64. The summed E-state index contributed by atoms with van der Waals surface area (Å²) in [5.41, 5.74) is 1.07. The molecule has 0 spiro atoms. The van der Waals surface area contributed by atoms with Crippen molar-refractivity contribution in [2.75, 3.05) is 0 Å². The van der Waals surface area contributed by atoms with Gasteiger partial charge in [0.15, 0.2) is 0 Å². The highest BCUT2D eigenvalue weighted by Gasteiger charge is 2.07. The summed E-state index contributed by atoms with van der Waals surface area (Å²) < 4.78 is 31.2. The third-order valence-corrected chi connectivity index (χ3v) is 2.85. The summed E-state index contributed by atoms with van der Waals surface area (Å²) in [6.45, 7) is -0.0886. The molecule has 0 radical (unpaired) electrons. The number of esters is 1. The Kier molecular flexibility index (Phi) is 4.82. The number of halogens is 2. The van der Waals surface area contributed by atoms with Crippen molar-refractivity contribution in [2.45, 2.75) is 19.4 Å². The van der Waals surface area contributed by atoms with Crippen molar-refractivity contribution in [1.82, 2.24) is 0 Å². The van der Waals surface area contributed by atoms with Gasteiger partial charge in [0, 0.05) is 12.0 Å². The van der Waals surface area contributed by atoms with E-state index in [1.165, 1.54) is 18.2 Å². The summed E-state index contributed by atoms with van der Waals surface area (Å²) in [4.78, 5) is 11.5. The molecule has 0 aromatic heterocycles. The minimum Gasteiger partial charge on any atom is -0.461 e. The largest absolute Gasteiger partial charge is 0.461 e. The van der Waals surface area contributed by atoms with E-state index in [1.807, 2.05) is 0 Å². The van der Waals surface area contributed by atoms with Crippen LogP contribution in [0, 0.1) is 11.6 Å². The molecule has 2 rings (SSSR count). The molecular weight excluding hydrogens is 262 g/mol. The van der Waals surface area contributed by atoms with Gasteiger partial charge in [0.2, 0.25) is 0 Å². The summed E-state index contributed by atoms with van der Waals surface area (Å²) in [5.74, 6) is -1.16. The first kappa shape index (κ1) is 14.2. The Hall–Kier alpha value is -2.23. The Bertz CT molecular complexity index is 597. The van der Waals surface area contributed by atoms with Gasteiger partial charge in [-0.2, -0.15) is 0 Å². The Morgan fingerprint density at radius 2 is 1.85 bits per heavy atom. The lowest BCUT2D eigenvalue weighted by atomic mass is 10.1. The van der Waals surface area contributed by atoms with E-state index in [0.717, 1.165) is 5.56 Å². The molecule has 0 N–H and O–H groups in total. The molecule has 0 saturated heterocycles. The lowest BCUT2D eigenvalue weighted by Crippen LogP contribution is -2.06. The molecule has 0 amide bonds. The van der Waals surface area contributed by atoms with E-state index >= 15 is 0 Å². The fourth-order valence-corrected chi connectivity index (χ4v) is 1.78. The maximum Gasteiger partial charge on any atom is 0.306 e. The van der Waals surface area contributed by atoms with Crippen LogP contribution in [0.15, 0.2) is 48.5 Å². The normalized spacial score (nSPS) is 10.3. The van der Waals surface area contributed by atoms with Crippen molar-refractivity contribution in [3.8, 4) is 0 Å². The minimum absolute atomic E-state index is 0.0886. The summed E-state index contributed by atoms with van der Waals surface area (Å²) in [5, 5.41) is 0. The molecule has 0 aliphatic heterocycles. The number of aryl methyl sites for hydroxylation is 1. The molecule has 4 heteroatoms. The summed E-state index contributed by atoms with van der Waals surface area (Å²) >= 11 is 0. The number of ether oxygens (including phenoxy) is 1. The average molecular weight is 276 g/mol. The van der Waals surface area contributed by atoms with Crippen LogP contribution in [0.2, 0.25) is 0 Å². The fourth-order valence-electron chi connectivity index (χ4n) is 1.78. The zero-order valence-electron chi connectivity index (χ0n) is 10.8. The Balaban J connectivity index is 1.80. The monoisotopic (exact) mass is 276 g/mol. The number of carbonyl (C=O) groups excluding carboxylic acids is 1. The number of hydrogen-bond donors (Lipinski definition) is 0. The molecule has 2 aromatic rings. The van der Waals surface area contributed by atoms with Gasteiger partial charge < -0.3 is 4.74 Å². The Morgan fingerprint density at radius 3 is 2.60 bits per heavy atom. The van der Waals surface area contributed by atoms with Crippen LogP contribution in [0.4, 0.5) is 8.78 Å². The smallest absolute Gasteiger partial charge is 0.306 e. The van der Waals surface area contributed by atoms with Gasteiger partial charge in [-0.1, -0.05) is 30.3 Å². The van der Waals surface area contributed by atoms with E-state index in [1.54, 1.807) is 30.3 Å². The van der Waals surface area contributed by atoms with Crippen molar-refractivity contribution in [1.29, 1.82) is 0 Å². The van der Waals surface area contributed by atoms with Crippen LogP contribution in [0.1, 0.15) is 17.5 Å². The van der Waals surface area contributed by atoms with Crippen molar-refractivity contribution < 1.29 is 18.3 Å². The van der Waals surface area contributed by atoms with E-state index in [9.17, 15) is 13.6 Å². The van der Waals surface area contributed by atoms with Gasteiger partial charge >= 0.3 is 5.97 Å². The SMILES string of the molecule is O=C(CCc1cccc(F)c1)OCc1ccccc1F. The maximum atomic E-state index is 13.3. The maximum absolute atomic E-state index is 13.3. The Morgan fingerprint density at radius 1 is 1.05 bits per heavy atom. The first-order valence-corrected chi connectivity index (χ1v) is 6.28. The van der Waals surface area contributed by atoms with Crippen LogP contribution in [-0.4, -0.2) is 5.97 Å². The van der Waals surface area contributed by atoms with E-state index < -0.39 is 11.8 Å². The van der Waals surface area contributed by atoms with Crippen LogP contribution < -0.4 is 0 Å². The van der Waals surface area contributed by atoms with E-state index in [-0.39, 0.29) is 18.8 Å². The number of benzene rings is 2. The second kappa shape index (κ2) is 6.80. The highest BCUT2D eigenvalue weighted by Crippen LogP contribution is 2.10. The number of carbonyl (C=O) groups is 1. The van der Waals surface area contributed by atoms with Gasteiger partial charge in [0.05, 0.1) is 0 Å². The minimum atomic E-state index is -0.433. The molecule has 20 heavy (non-hydrogen) atoms. The molecule has 2 nitrogen and oxygen atoms in total. The van der Waals surface area contributed by atoms with Gasteiger partial charge in [-0.15, -0.1) is 0 Å². The van der Waals surface area contributed by atoms with Gasteiger partial charge in [-0.3, -0.25) is 4.79 Å².